The fraction of sp³-hybridized carbons (Fsp3) is 0.154. The van der Waals surface area contributed by atoms with Gasteiger partial charge in [0, 0.05) is 19.2 Å². The number of anilines is 1. The normalized spacial score (nSPS) is 10.2. The van der Waals surface area contributed by atoms with E-state index in [1.165, 1.54) is 12.3 Å². The van der Waals surface area contributed by atoms with E-state index in [-0.39, 0.29) is 10.8 Å². The number of benzene rings is 1. The minimum atomic E-state index is -0.255. The van der Waals surface area contributed by atoms with Gasteiger partial charge >= 0.3 is 0 Å². The molecular formula is C13H13FN4S. The summed E-state index contributed by atoms with van der Waals surface area (Å²) in [4.78, 5) is 2.00. The van der Waals surface area contributed by atoms with Gasteiger partial charge in [-0.15, -0.1) is 5.10 Å². The second-order valence-electron chi connectivity index (χ2n) is 4.08. The smallest absolute Gasteiger partial charge is 0.161 e. The summed E-state index contributed by atoms with van der Waals surface area (Å²) in [5, 5.41) is 7.82. The standard InChI is InChI=1S/C13H13FN4S/c1-18(8-9-4-2-3-5-11(9)14)13-10(12(15)19)6-7-16-17-13/h2-7H,8H2,1H3,(H2,15,19). The summed E-state index contributed by atoms with van der Waals surface area (Å²) in [5.41, 5.74) is 6.84. The molecule has 0 aliphatic heterocycles. The lowest BCUT2D eigenvalue weighted by atomic mass is 10.2. The Kier molecular flexibility index (Phi) is 4.01. The molecule has 0 amide bonds. The Balaban J connectivity index is 2.28. The molecule has 0 spiro atoms. The van der Waals surface area contributed by atoms with Gasteiger partial charge in [-0.25, -0.2) is 4.39 Å². The van der Waals surface area contributed by atoms with Crippen LogP contribution in [0.5, 0.6) is 0 Å². The first kappa shape index (κ1) is 13.4. The van der Waals surface area contributed by atoms with Crippen molar-refractivity contribution in [3.05, 3.63) is 53.5 Å². The number of rotatable bonds is 4. The second-order valence-corrected chi connectivity index (χ2v) is 4.52. The van der Waals surface area contributed by atoms with Gasteiger partial charge in [-0.05, 0) is 12.1 Å². The van der Waals surface area contributed by atoms with Crippen LogP contribution in [0.1, 0.15) is 11.1 Å². The predicted molar refractivity (Wildman–Crippen MR) is 76.4 cm³/mol. The van der Waals surface area contributed by atoms with Crippen molar-refractivity contribution in [3.63, 3.8) is 0 Å². The summed E-state index contributed by atoms with van der Waals surface area (Å²) in [6.07, 6.45) is 1.52. The second kappa shape index (κ2) is 5.71. The van der Waals surface area contributed by atoms with Gasteiger partial charge in [0.25, 0.3) is 0 Å². The van der Waals surface area contributed by atoms with Crippen LogP contribution in [0.25, 0.3) is 0 Å². The molecule has 1 heterocycles. The molecule has 6 heteroatoms. The zero-order chi connectivity index (χ0) is 13.8. The minimum Gasteiger partial charge on any atom is -0.389 e. The molecule has 0 aliphatic carbocycles. The monoisotopic (exact) mass is 276 g/mol. The van der Waals surface area contributed by atoms with Gasteiger partial charge in [0.05, 0.1) is 11.8 Å². The Labute approximate surface area is 116 Å². The minimum absolute atomic E-state index is 0.241. The van der Waals surface area contributed by atoms with Crippen molar-refractivity contribution in [1.29, 1.82) is 0 Å². The van der Waals surface area contributed by atoms with Crippen LogP contribution in [-0.2, 0) is 6.54 Å². The summed E-state index contributed by atoms with van der Waals surface area (Å²) in [6.45, 7) is 0.362. The van der Waals surface area contributed by atoms with Gasteiger partial charge in [0.2, 0.25) is 0 Å². The molecule has 98 valence electrons. The van der Waals surface area contributed by atoms with Crippen LogP contribution in [0.4, 0.5) is 10.2 Å². The van der Waals surface area contributed by atoms with Crippen molar-refractivity contribution in [3.8, 4) is 0 Å². The molecule has 0 radical (unpaired) electrons. The van der Waals surface area contributed by atoms with Crippen LogP contribution < -0.4 is 10.6 Å². The van der Waals surface area contributed by atoms with Gasteiger partial charge in [0.15, 0.2) is 5.82 Å². The van der Waals surface area contributed by atoms with E-state index in [0.717, 1.165) is 0 Å². The maximum absolute atomic E-state index is 13.6. The zero-order valence-corrected chi connectivity index (χ0v) is 11.2. The SMILES string of the molecule is CN(Cc1ccccc1F)c1nnccc1C(N)=S. The lowest BCUT2D eigenvalue weighted by Crippen LogP contribution is -2.23. The third-order valence-electron chi connectivity index (χ3n) is 2.69. The first-order chi connectivity index (χ1) is 9.09. The summed E-state index contributed by atoms with van der Waals surface area (Å²) in [5.74, 6) is 0.286. The quantitative estimate of drug-likeness (QED) is 0.864. The molecule has 4 nitrogen and oxygen atoms in total. The summed E-state index contributed by atoms with van der Waals surface area (Å²) >= 11 is 4.97. The third-order valence-corrected chi connectivity index (χ3v) is 2.91. The van der Waals surface area contributed by atoms with Crippen molar-refractivity contribution in [2.45, 2.75) is 6.54 Å². The lowest BCUT2D eigenvalue weighted by molar-refractivity contribution is 0.607. The van der Waals surface area contributed by atoms with E-state index in [1.54, 1.807) is 36.2 Å². The van der Waals surface area contributed by atoms with Gasteiger partial charge in [-0.1, -0.05) is 30.4 Å². The van der Waals surface area contributed by atoms with Crippen molar-refractivity contribution < 1.29 is 4.39 Å². The third kappa shape index (κ3) is 3.03. The van der Waals surface area contributed by atoms with E-state index in [0.29, 0.717) is 23.5 Å². The Bertz CT molecular complexity index is 603. The number of hydrogen-bond acceptors (Lipinski definition) is 4. The molecule has 0 fully saturated rings. The highest BCUT2D eigenvalue weighted by molar-refractivity contribution is 7.80. The largest absolute Gasteiger partial charge is 0.389 e. The molecular weight excluding hydrogens is 263 g/mol. The molecule has 0 saturated carbocycles. The molecule has 1 aromatic carbocycles. The Morgan fingerprint density at radius 3 is 2.79 bits per heavy atom. The maximum atomic E-state index is 13.6. The number of halogens is 1. The first-order valence-electron chi connectivity index (χ1n) is 5.65. The van der Waals surface area contributed by atoms with E-state index in [9.17, 15) is 4.39 Å². The van der Waals surface area contributed by atoms with Crippen LogP contribution in [0, 0.1) is 5.82 Å². The molecule has 0 saturated heterocycles. The van der Waals surface area contributed by atoms with Gasteiger partial charge in [0.1, 0.15) is 10.8 Å². The van der Waals surface area contributed by atoms with Crippen LogP contribution in [0.3, 0.4) is 0 Å². The molecule has 0 aliphatic rings. The van der Waals surface area contributed by atoms with Crippen LogP contribution >= 0.6 is 12.2 Å². The molecule has 2 aromatic rings. The highest BCUT2D eigenvalue weighted by Gasteiger charge is 2.13. The van der Waals surface area contributed by atoms with E-state index in [4.69, 9.17) is 18.0 Å². The van der Waals surface area contributed by atoms with Gasteiger partial charge in [-0.2, -0.15) is 5.10 Å². The van der Waals surface area contributed by atoms with E-state index in [1.807, 2.05) is 0 Å². The topological polar surface area (TPSA) is 55.0 Å². The molecule has 0 bridgehead atoms. The zero-order valence-electron chi connectivity index (χ0n) is 10.4. The van der Waals surface area contributed by atoms with Crippen molar-refractivity contribution >= 4 is 23.0 Å². The molecule has 0 atom stereocenters. The van der Waals surface area contributed by atoms with Crippen molar-refractivity contribution in [2.24, 2.45) is 5.73 Å². The molecule has 2 rings (SSSR count). The van der Waals surface area contributed by atoms with E-state index in [2.05, 4.69) is 10.2 Å². The van der Waals surface area contributed by atoms with Gasteiger partial charge in [-0.3, -0.25) is 0 Å². The van der Waals surface area contributed by atoms with E-state index < -0.39 is 0 Å². The van der Waals surface area contributed by atoms with Crippen LogP contribution in [-0.4, -0.2) is 22.2 Å². The summed E-state index contributed by atoms with van der Waals surface area (Å²) in [7, 11) is 1.79. The Morgan fingerprint density at radius 2 is 2.11 bits per heavy atom. The number of aromatic nitrogens is 2. The lowest BCUT2D eigenvalue weighted by Gasteiger charge is -2.20. The maximum Gasteiger partial charge on any atom is 0.161 e. The van der Waals surface area contributed by atoms with Crippen molar-refractivity contribution in [2.75, 3.05) is 11.9 Å². The summed E-state index contributed by atoms with van der Waals surface area (Å²) in [6, 6.07) is 8.29. The first-order valence-corrected chi connectivity index (χ1v) is 6.06. The van der Waals surface area contributed by atoms with Crippen molar-refractivity contribution in [1.82, 2.24) is 10.2 Å². The number of nitrogens with zero attached hydrogens (tertiary/aromatic N) is 3. The van der Waals surface area contributed by atoms with Crippen LogP contribution in [0.15, 0.2) is 36.5 Å². The Hall–Kier alpha value is -2.08. The fourth-order valence-corrected chi connectivity index (χ4v) is 1.91. The number of thiocarbonyl (C=S) groups is 1. The summed E-state index contributed by atoms with van der Waals surface area (Å²) < 4.78 is 13.6. The van der Waals surface area contributed by atoms with Gasteiger partial charge < -0.3 is 10.6 Å². The number of hydrogen-bond donors (Lipinski definition) is 1. The number of nitrogens with two attached hydrogens (primary N) is 1. The highest BCUT2D eigenvalue weighted by Crippen LogP contribution is 2.18. The molecule has 0 unspecified atom stereocenters. The van der Waals surface area contributed by atoms with E-state index >= 15 is 0 Å². The molecule has 1 aromatic heterocycles. The average molecular weight is 276 g/mol. The molecule has 2 N–H and O–H groups in total. The highest BCUT2D eigenvalue weighted by atomic mass is 32.1. The van der Waals surface area contributed by atoms with Crippen LogP contribution in [0.2, 0.25) is 0 Å². The Morgan fingerprint density at radius 1 is 1.37 bits per heavy atom. The predicted octanol–water partition coefficient (Wildman–Crippen LogP) is 1.89. The molecule has 19 heavy (non-hydrogen) atoms. The average Bonchev–Trinajstić information content (AvgIpc) is 2.41. The fourth-order valence-electron chi connectivity index (χ4n) is 1.76.